The predicted octanol–water partition coefficient (Wildman–Crippen LogP) is 3.73. The molecule has 0 aliphatic heterocycles. The first-order valence-electron chi connectivity index (χ1n) is 6.16. The largest absolute Gasteiger partial charge is 0.475 e. The summed E-state index contributed by atoms with van der Waals surface area (Å²) in [6, 6.07) is 14.3. The highest BCUT2D eigenvalue weighted by atomic mass is 35.5. The van der Waals surface area contributed by atoms with Crippen molar-refractivity contribution >= 4 is 40.0 Å². The van der Waals surface area contributed by atoms with E-state index in [4.69, 9.17) is 16.7 Å². The molecule has 0 amide bonds. The summed E-state index contributed by atoms with van der Waals surface area (Å²) in [6.45, 7) is 0. The number of carboxylic acid groups (broad SMARTS) is 1. The van der Waals surface area contributed by atoms with Crippen molar-refractivity contribution in [2.45, 2.75) is 0 Å². The van der Waals surface area contributed by atoms with Crippen LogP contribution in [0.2, 0.25) is 5.02 Å². The lowest BCUT2D eigenvalue weighted by molar-refractivity contribution is 0.0684. The van der Waals surface area contributed by atoms with Crippen LogP contribution in [-0.4, -0.2) is 21.0 Å². The van der Waals surface area contributed by atoms with Gasteiger partial charge in [0.2, 0.25) is 5.82 Å². The second-order valence-corrected chi connectivity index (χ2v) is 4.79. The zero-order chi connectivity index (χ0) is 14.8. The number of aromatic nitrogens is 2. The monoisotopic (exact) mass is 299 g/mol. The average Bonchev–Trinajstić information content (AvgIpc) is 2.49. The van der Waals surface area contributed by atoms with Gasteiger partial charge in [-0.3, -0.25) is 0 Å². The number of carboxylic acids is 1. The lowest BCUT2D eigenvalue weighted by Gasteiger charge is -2.09. The Kier molecular flexibility index (Phi) is 3.41. The first-order valence-corrected chi connectivity index (χ1v) is 6.54. The molecule has 21 heavy (non-hydrogen) atoms. The van der Waals surface area contributed by atoms with Crippen LogP contribution >= 0.6 is 11.6 Å². The smallest absolute Gasteiger partial charge is 0.374 e. The van der Waals surface area contributed by atoms with Crippen molar-refractivity contribution in [1.82, 2.24) is 9.97 Å². The fourth-order valence-electron chi connectivity index (χ4n) is 1.94. The van der Waals surface area contributed by atoms with Gasteiger partial charge in [0, 0.05) is 16.1 Å². The molecule has 0 fully saturated rings. The molecule has 3 rings (SSSR count). The Morgan fingerprint density at radius 1 is 1.05 bits per heavy atom. The third-order valence-electron chi connectivity index (χ3n) is 2.90. The van der Waals surface area contributed by atoms with E-state index in [0.717, 1.165) is 11.1 Å². The van der Waals surface area contributed by atoms with E-state index in [1.54, 1.807) is 36.4 Å². The minimum absolute atomic E-state index is 0.245. The third-order valence-corrected chi connectivity index (χ3v) is 3.15. The van der Waals surface area contributed by atoms with Gasteiger partial charge in [-0.1, -0.05) is 23.7 Å². The van der Waals surface area contributed by atoms with Crippen LogP contribution < -0.4 is 5.32 Å². The SMILES string of the molecule is O=C(O)c1nc(Nc2ccc(Cl)cc2)c2ccccc2n1. The van der Waals surface area contributed by atoms with Gasteiger partial charge in [-0.05, 0) is 36.4 Å². The number of nitrogens with one attached hydrogen (secondary N) is 1. The summed E-state index contributed by atoms with van der Waals surface area (Å²) in [7, 11) is 0. The number of para-hydroxylation sites is 1. The minimum Gasteiger partial charge on any atom is -0.475 e. The Hall–Kier alpha value is -2.66. The van der Waals surface area contributed by atoms with Gasteiger partial charge in [-0.15, -0.1) is 0 Å². The van der Waals surface area contributed by atoms with Crippen LogP contribution in [0.4, 0.5) is 11.5 Å². The molecule has 0 aliphatic carbocycles. The highest BCUT2D eigenvalue weighted by Crippen LogP contribution is 2.24. The molecule has 104 valence electrons. The van der Waals surface area contributed by atoms with E-state index in [1.807, 2.05) is 12.1 Å². The van der Waals surface area contributed by atoms with E-state index in [-0.39, 0.29) is 5.82 Å². The number of benzene rings is 2. The highest BCUT2D eigenvalue weighted by Gasteiger charge is 2.12. The van der Waals surface area contributed by atoms with E-state index < -0.39 is 5.97 Å². The summed E-state index contributed by atoms with van der Waals surface area (Å²) in [4.78, 5) is 19.2. The number of halogens is 1. The number of anilines is 2. The maximum atomic E-state index is 11.1. The summed E-state index contributed by atoms with van der Waals surface area (Å²) in [6.07, 6.45) is 0. The van der Waals surface area contributed by atoms with Crippen molar-refractivity contribution < 1.29 is 9.90 Å². The van der Waals surface area contributed by atoms with Crippen molar-refractivity contribution in [3.05, 3.63) is 59.4 Å². The summed E-state index contributed by atoms with van der Waals surface area (Å²) in [5, 5.41) is 13.6. The Bertz CT molecular complexity index is 819. The quantitative estimate of drug-likeness (QED) is 0.771. The molecule has 0 atom stereocenters. The molecule has 0 bridgehead atoms. The van der Waals surface area contributed by atoms with Crippen molar-refractivity contribution in [3.63, 3.8) is 0 Å². The summed E-state index contributed by atoms with van der Waals surface area (Å²) >= 11 is 5.85. The normalized spacial score (nSPS) is 10.5. The Morgan fingerprint density at radius 2 is 1.76 bits per heavy atom. The van der Waals surface area contributed by atoms with E-state index >= 15 is 0 Å². The number of nitrogens with zero attached hydrogens (tertiary/aromatic N) is 2. The molecule has 3 aromatic rings. The number of hydrogen-bond donors (Lipinski definition) is 2. The van der Waals surface area contributed by atoms with E-state index in [0.29, 0.717) is 16.4 Å². The molecule has 1 heterocycles. The summed E-state index contributed by atoms with van der Waals surface area (Å²) in [5.74, 6) is -0.967. The third kappa shape index (κ3) is 2.78. The minimum atomic E-state index is -1.17. The molecule has 6 heteroatoms. The highest BCUT2D eigenvalue weighted by molar-refractivity contribution is 6.30. The Balaban J connectivity index is 2.11. The maximum absolute atomic E-state index is 11.1. The summed E-state index contributed by atoms with van der Waals surface area (Å²) < 4.78 is 0. The fraction of sp³-hybridized carbons (Fsp3) is 0. The molecular weight excluding hydrogens is 290 g/mol. The molecule has 1 aromatic heterocycles. The maximum Gasteiger partial charge on any atom is 0.374 e. The van der Waals surface area contributed by atoms with Crippen LogP contribution in [0.15, 0.2) is 48.5 Å². The number of aromatic carboxylic acids is 1. The molecule has 0 radical (unpaired) electrons. The Labute approximate surface area is 125 Å². The first kappa shape index (κ1) is 13.3. The zero-order valence-corrected chi connectivity index (χ0v) is 11.5. The standard InChI is InChI=1S/C15H10ClN3O2/c16-9-5-7-10(8-6-9)17-13-11-3-1-2-4-12(11)18-14(19-13)15(20)21/h1-8H,(H,20,21)(H,17,18,19). The number of carbonyl (C=O) groups is 1. The molecular formula is C15H10ClN3O2. The molecule has 0 aliphatic rings. The second-order valence-electron chi connectivity index (χ2n) is 4.35. The van der Waals surface area contributed by atoms with Gasteiger partial charge in [0.1, 0.15) is 5.82 Å². The van der Waals surface area contributed by atoms with Crippen molar-refractivity contribution in [2.24, 2.45) is 0 Å². The van der Waals surface area contributed by atoms with Crippen LogP contribution in [0.3, 0.4) is 0 Å². The molecule has 0 saturated heterocycles. The van der Waals surface area contributed by atoms with Gasteiger partial charge in [-0.25, -0.2) is 14.8 Å². The molecule has 5 nitrogen and oxygen atoms in total. The van der Waals surface area contributed by atoms with Crippen LogP contribution in [0.25, 0.3) is 10.9 Å². The van der Waals surface area contributed by atoms with Gasteiger partial charge in [0.05, 0.1) is 5.52 Å². The van der Waals surface area contributed by atoms with E-state index in [2.05, 4.69) is 15.3 Å². The van der Waals surface area contributed by atoms with Crippen LogP contribution in [0.1, 0.15) is 10.6 Å². The topological polar surface area (TPSA) is 75.1 Å². The summed E-state index contributed by atoms with van der Waals surface area (Å²) in [5.41, 5.74) is 1.33. The molecule has 2 aromatic carbocycles. The number of fused-ring (bicyclic) bond motifs is 1. The number of hydrogen-bond acceptors (Lipinski definition) is 4. The fourth-order valence-corrected chi connectivity index (χ4v) is 2.06. The van der Waals surface area contributed by atoms with Crippen LogP contribution in [-0.2, 0) is 0 Å². The van der Waals surface area contributed by atoms with Gasteiger partial charge in [-0.2, -0.15) is 0 Å². The van der Waals surface area contributed by atoms with Crippen molar-refractivity contribution in [1.29, 1.82) is 0 Å². The van der Waals surface area contributed by atoms with E-state index in [1.165, 1.54) is 0 Å². The van der Waals surface area contributed by atoms with Crippen molar-refractivity contribution in [2.75, 3.05) is 5.32 Å². The lowest BCUT2D eigenvalue weighted by Crippen LogP contribution is -2.07. The average molecular weight is 300 g/mol. The first-order chi connectivity index (χ1) is 10.1. The van der Waals surface area contributed by atoms with Crippen LogP contribution in [0.5, 0.6) is 0 Å². The predicted molar refractivity (Wildman–Crippen MR) is 81.2 cm³/mol. The molecule has 0 spiro atoms. The Morgan fingerprint density at radius 3 is 2.48 bits per heavy atom. The van der Waals surface area contributed by atoms with Gasteiger partial charge in [0.15, 0.2) is 0 Å². The molecule has 0 saturated carbocycles. The van der Waals surface area contributed by atoms with Crippen molar-refractivity contribution in [3.8, 4) is 0 Å². The second kappa shape index (κ2) is 5.38. The molecule has 0 unspecified atom stereocenters. The lowest BCUT2D eigenvalue weighted by atomic mass is 10.2. The van der Waals surface area contributed by atoms with E-state index in [9.17, 15) is 4.79 Å². The van der Waals surface area contributed by atoms with Crippen LogP contribution in [0, 0.1) is 0 Å². The molecule has 2 N–H and O–H groups in total. The number of rotatable bonds is 3. The van der Waals surface area contributed by atoms with Gasteiger partial charge in [0.25, 0.3) is 0 Å². The zero-order valence-electron chi connectivity index (χ0n) is 10.7. The van der Waals surface area contributed by atoms with Gasteiger partial charge >= 0.3 is 5.97 Å². The van der Waals surface area contributed by atoms with Gasteiger partial charge < -0.3 is 10.4 Å².